The van der Waals surface area contributed by atoms with Gasteiger partial charge in [0.15, 0.2) is 0 Å². The van der Waals surface area contributed by atoms with E-state index >= 15 is 0 Å². The van der Waals surface area contributed by atoms with Gasteiger partial charge in [-0.3, -0.25) is 0 Å². The summed E-state index contributed by atoms with van der Waals surface area (Å²) in [7, 11) is -3.15. The Kier molecular flexibility index (Phi) is 8.47. The van der Waals surface area contributed by atoms with Crippen molar-refractivity contribution < 1.29 is 8.42 Å². The third-order valence-corrected chi connectivity index (χ3v) is 4.51. The highest BCUT2D eigenvalue weighted by Crippen LogP contribution is 2.08. The van der Waals surface area contributed by atoms with E-state index in [9.17, 15) is 8.42 Å². The maximum atomic E-state index is 12.0. The van der Waals surface area contributed by atoms with Gasteiger partial charge in [-0.2, -0.15) is 4.31 Å². The Morgan fingerprint density at radius 1 is 1.35 bits per heavy atom. The molecule has 0 bridgehead atoms. The van der Waals surface area contributed by atoms with Gasteiger partial charge in [-0.1, -0.05) is 13.0 Å². The first kappa shape index (κ1) is 16.6. The molecule has 1 N–H and O–H groups in total. The van der Waals surface area contributed by atoms with Gasteiger partial charge in [-0.15, -0.1) is 6.58 Å². The van der Waals surface area contributed by atoms with E-state index in [1.807, 2.05) is 13.8 Å². The molecule has 0 radical (unpaired) electrons. The Morgan fingerprint density at radius 3 is 2.47 bits per heavy atom. The van der Waals surface area contributed by atoms with Gasteiger partial charge in [0.1, 0.15) is 0 Å². The van der Waals surface area contributed by atoms with Crippen LogP contribution in [0.15, 0.2) is 12.7 Å². The first-order chi connectivity index (χ1) is 7.95. The molecule has 5 heteroatoms. The quantitative estimate of drug-likeness (QED) is 0.480. The van der Waals surface area contributed by atoms with Crippen LogP contribution < -0.4 is 5.32 Å². The van der Waals surface area contributed by atoms with Crippen LogP contribution in [0.5, 0.6) is 0 Å². The van der Waals surface area contributed by atoms with Gasteiger partial charge in [0.2, 0.25) is 10.0 Å². The van der Waals surface area contributed by atoms with Crippen molar-refractivity contribution in [3.8, 4) is 0 Å². The van der Waals surface area contributed by atoms with Crippen LogP contribution in [0.3, 0.4) is 0 Å². The van der Waals surface area contributed by atoms with Crippen molar-refractivity contribution in [2.45, 2.75) is 39.7 Å². The highest BCUT2D eigenvalue weighted by atomic mass is 32.2. The van der Waals surface area contributed by atoms with Crippen molar-refractivity contribution in [3.05, 3.63) is 12.7 Å². The topological polar surface area (TPSA) is 49.4 Å². The average Bonchev–Trinajstić information content (AvgIpc) is 2.24. The zero-order valence-electron chi connectivity index (χ0n) is 11.3. The number of nitrogens with one attached hydrogen (secondary N) is 1. The highest BCUT2D eigenvalue weighted by molar-refractivity contribution is 7.89. The van der Waals surface area contributed by atoms with E-state index in [0.717, 1.165) is 19.5 Å². The highest BCUT2D eigenvalue weighted by Gasteiger charge is 2.22. The standard InChI is InChI=1S/C12H26N2O2S/c1-5-8-13-9-7-11-17(15,16)14(10-6-2)12(3)4/h6,12-13H,2,5,7-11H2,1,3-4H3. The third kappa shape index (κ3) is 6.81. The zero-order chi connectivity index (χ0) is 13.3. The molecule has 0 heterocycles. The molecule has 4 nitrogen and oxygen atoms in total. The molecule has 0 unspecified atom stereocenters. The van der Waals surface area contributed by atoms with Crippen LogP contribution in [0.2, 0.25) is 0 Å². The van der Waals surface area contributed by atoms with Gasteiger partial charge < -0.3 is 5.32 Å². The van der Waals surface area contributed by atoms with Gasteiger partial charge in [0.25, 0.3) is 0 Å². The van der Waals surface area contributed by atoms with Crippen molar-refractivity contribution in [2.75, 3.05) is 25.4 Å². The molecule has 0 amide bonds. The Hall–Kier alpha value is -0.390. The molecule has 0 spiro atoms. The fraction of sp³-hybridized carbons (Fsp3) is 0.833. The lowest BCUT2D eigenvalue weighted by atomic mass is 10.4. The van der Waals surface area contributed by atoms with Gasteiger partial charge >= 0.3 is 0 Å². The molecule has 0 atom stereocenters. The molecule has 0 saturated heterocycles. The minimum Gasteiger partial charge on any atom is -0.317 e. The molecule has 0 aromatic carbocycles. The molecule has 17 heavy (non-hydrogen) atoms. The first-order valence-electron chi connectivity index (χ1n) is 6.26. The van der Waals surface area contributed by atoms with Crippen LogP contribution in [0.25, 0.3) is 0 Å². The Bertz CT molecular complexity index is 300. The summed E-state index contributed by atoms with van der Waals surface area (Å²) < 4.78 is 25.6. The largest absolute Gasteiger partial charge is 0.317 e. The molecular formula is C12H26N2O2S. The SMILES string of the molecule is C=CCN(C(C)C)S(=O)(=O)CCCNCCC. The summed E-state index contributed by atoms with van der Waals surface area (Å²) in [6.07, 6.45) is 3.36. The summed E-state index contributed by atoms with van der Waals surface area (Å²) >= 11 is 0. The van der Waals surface area contributed by atoms with E-state index in [4.69, 9.17) is 0 Å². The van der Waals surface area contributed by atoms with Crippen LogP contribution in [-0.4, -0.2) is 44.2 Å². The fourth-order valence-corrected chi connectivity index (χ4v) is 3.29. The van der Waals surface area contributed by atoms with Gasteiger partial charge in [0.05, 0.1) is 5.75 Å². The van der Waals surface area contributed by atoms with Gasteiger partial charge in [0, 0.05) is 12.6 Å². The average molecular weight is 262 g/mol. The number of hydrogen-bond donors (Lipinski definition) is 1. The molecule has 0 aliphatic carbocycles. The summed E-state index contributed by atoms with van der Waals surface area (Å²) in [5.74, 6) is 0.204. The maximum absolute atomic E-state index is 12.0. The molecule has 0 aromatic heterocycles. The zero-order valence-corrected chi connectivity index (χ0v) is 12.1. The normalized spacial score (nSPS) is 12.3. The summed E-state index contributed by atoms with van der Waals surface area (Å²) in [4.78, 5) is 0. The lowest BCUT2D eigenvalue weighted by Gasteiger charge is -2.24. The van der Waals surface area contributed by atoms with E-state index in [1.54, 1.807) is 6.08 Å². The van der Waals surface area contributed by atoms with Crippen LogP contribution in [0, 0.1) is 0 Å². The predicted octanol–water partition coefficient (Wildman–Crippen LogP) is 1.60. The number of rotatable bonds is 10. The molecule has 0 aliphatic heterocycles. The molecule has 0 fully saturated rings. The summed E-state index contributed by atoms with van der Waals surface area (Å²) in [5, 5.41) is 3.20. The summed E-state index contributed by atoms with van der Waals surface area (Å²) in [5.41, 5.74) is 0. The third-order valence-electron chi connectivity index (χ3n) is 2.42. The van der Waals surface area contributed by atoms with Gasteiger partial charge in [-0.05, 0) is 39.8 Å². The maximum Gasteiger partial charge on any atom is 0.214 e. The number of nitrogens with zero attached hydrogens (tertiary/aromatic N) is 1. The molecule has 0 saturated carbocycles. The Labute approximate surface area is 106 Å². The molecule has 0 aliphatic rings. The first-order valence-corrected chi connectivity index (χ1v) is 7.87. The van der Waals surface area contributed by atoms with Crippen molar-refractivity contribution in [3.63, 3.8) is 0 Å². The van der Waals surface area contributed by atoms with Crippen molar-refractivity contribution in [2.24, 2.45) is 0 Å². The van der Waals surface area contributed by atoms with Crippen LogP contribution in [0.1, 0.15) is 33.6 Å². The Morgan fingerprint density at radius 2 is 2.00 bits per heavy atom. The van der Waals surface area contributed by atoms with Crippen molar-refractivity contribution in [1.82, 2.24) is 9.62 Å². The Balaban J connectivity index is 4.19. The lowest BCUT2D eigenvalue weighted by Crippen LogP contribution is -2.39. The van der Waals surface area contributed by atoms with E-state index < -0.39 is 10.0 Å². The molecule has 102 valence electrons. The smallest absolute Gasteiger partial charge is 0.214 e. The van der Waals surface area contributed by atoms with E-state index in [0.29, 0.717) is 13.0 Å². The minimum absolute atomic E-state index is 0.0124. The van der Waals surface area contributed by atoms with Crippen LogP contribution in [0.4, 0.5) is 0 Å². The number of hydrogen-bond acceptors (Lipinski definition) is 3. The fourth-order valence-electron chi connectivity index (χ4n) is 1.57. The van der Waals surface area contributed by atoms with Crippen molar-refractivity contribution >= 4 is 10.0 Å². The second-order valence-corrected chi connectivity index (χ2v) is 6.41. The van der Waals surface area contributed by atoms with Crippen LogP contribution >= 0.6 is 0 Å². The van der Waals surface area contributed by atoms with Crippen molar-refractivity contribution in [1.29, 1.82) is 0 Å². The van der Waals surface area contributed by atoms with Crippen LogP contribution in [-0.2, 0) is 10.0 Å². The summed E-state index contributed by atoms with van der Waals surface area (Å²) in [6, 6.07) is -0.0124. The summed E-state index contributed by atoms with van der Waals surface area (Å²) in [6.45, 7) is 11.6. The van der Waals surface area contributed by atoms with E-state index in [-0.39, 0.29) is 11.8 Å². The molecule has 0 rings (SSSR count). The lowest BCUT2D eigenvalue weighted by molar-refractivity contribution is 0.382. The van der Waals surface area contributed by atoms with E-state index in [2.05, 4.69) is 18.8 Å². The predicted molar refractivity (Wildman–Crippen MR) is 73.6 cm³/mol. The number of sulfonamides is 1. The minimum atomic E-state index is -3.15. The second-order valence-electron chi connectivity index (χ2n) is 4.37. The molecule has 0 aromatic rings. The van der Waals surface area contributed by atoms with Gasteiger partial charge in [-0.25, -0.2) is 8.42 Å². The second kappa shape index (κ2) is 8.66. The monoisotopic (exact) mass is 262 g/mol. The molecular weight excluding hydrogens is 236 g/mol. The van der Waals surface area contributed by atoms with E-state index in [1.165, 1.54) is 4.31 Å².